The number of benzene rings is 1. The van der Waals surface area contributed by atoms with Gasteiger partial charge >= 0.3 is 0 Å². The maximum Gasteiger partial charge on any atom is 0.227 e. The van der Waals surface area contributed by atoms with E-state index in [9.17, 15) is 4.79 Å². The van der Waals surface area contributed by atoms with Crippen LogP contribution in [0.4, 0.5) is 5.69 Å². The molecule has 1 amide bonds. The second-order valence-electron chi connectivity index (χ2n) is 5.32. The second kappa shape index (κ2) is 5.11. The van der Waals surface area contributed by atoms with Gasteiger partial charge in [-0.3, -0.25) is 4.79 Å². The first kappa shape index (κ1) is 13.1. The van der Waals surface area contributed by atoms with Crippen LogP contribution in [0.1, 0.15) is 24.5 Å². The Kier molecular flexibility index (Phi) is 3.71. The molecule has 1 heterocycles. The summed E-state index contributed by atoms with van der Waals surface area (Å²) in [6.07, 6.45) is 0.648. The minimum Gasteiger partial charge on any atom is -0.319 e. The van der Waals surface area contributed by atoms with E-state index < -0.39 is 0 Å². The van der Waals surface area contributed by atoms with Crippen LogP contribution in [0, 0.1) is 19.8 Å². The smallest absolute Gasteiger partial charge is 0.227 e. The fourth-order valence-electron chi connectivity index (χ4n) is 2.77. The molecule has 1 saturated heterocycles. The summed E-state index contributed by atoms with van der Waals surface area (Å²) >= 11 is 0. The first-order chi connectivity index (χ1) is 8.54. The van der Waals surface area contributed by atoms with E-state index in [-0.39, 0.29) is 11.9 Å². The van der Waals surface area contributed by atoms with Gasteiger partial charge in [0, 0.05) is 30.6 Å². The van der Waals surface area contributed by atoms with E-state index in [1.807, 2.05) is 11.9 Å². The van der Waals surface area contributed by atoms with Gasteiger partial charge in [0.1, 0.15) is 0 Å². The Bertz CT molecular complexity index is 456. The molecule has 2 rings (SSSR count). The largest absolute Gasteiger partial charge is 0.319 e. The van der Waals surface area contributed by atoms with Crippen molar-refractivity contribution in [1.29, 1.82) is 0 Å². The van der Waals surface area contributed by atoms with Gasteiger partial charge in [0.05, 0.1) is 0 Å². The average Bonchev–Trinajstić information content (AvgIpc) is 2.59. The summed E-state index contributed by atoms with van der Waals surface area (Å²) in [7, 11) is 1.94. The molecule has 0 saturated carbocycles. The predicted molar refractivity (Wildman–Crippen MR) is 74.9 cm³/mol. The summed E-state index contributed by atoms with van der Waals surface area (Å²) in [5.74, 6) is 0.652. The Balaban J connectivity index is 2.32. The van der Waals surface area contributed by atoms with Crippen molar-refractivity contribution in [3.8, 4) is 0 Å². The van der Waals surface area contributed by atoms with Crippen molar-refractivity contribution in [2.45, 2.75) is 33.2 Å². The highest BCUT2D eigenvalue weighted by atomic mass is 16.2. The molecule has 3 heteroatoms. The van der Waals surface area contributed by atoms with Gasteiger partial charge in [0.15, 0.2) is 0 Å². The number of carbonyl (C=O) groups is 1. The molecular formula is C15H22N2O. The van der Waals surface area contributed by atoms with Crippen LogP contribution in [-0.4, -0.2) is 25.5 Å². The molecule has 1 aliphatic heterocycles. The van der Waals surface area contributed by atoms with Crippen molar-refractivity contribution in [2.75, 3.05) is 18.5 Å². The first-order valence-electron chi connectivity index (χ1n) is 6.58. The van der Waals surface area contributed by atoms with Crippen LogP contribution in [0.3, 0.4) is 0 Å². The third-order valence-corrected chi connectivity index (χ3v) is 3.89. The molecule has 2 atom stereocenters. The number of anilines is 1. The molecule has 0 bridgehead atoms. The molecule has 1 aromatic carbocycles. The van der Waals surface area contributed by atoms with Gasteiger partial charge in [0.2, 0.25) is 5.91 Å². The van der Waals surface area contributed by atoms with Crippen molar-refractivity contribution in [2.24, 2.45) is 5.92 Å². The number of aryl methyl sites for hydroxylation is 2. The quantitative estimate of drug-likeness (QED) is 0.887. The Morgan fingerprint density at radius 1 is 1.39 bits per heavy atom. The van der Waals surface area contributed by atoms with Crippen LogP contribution >= 0.6 is 0 Å². The fraction of sp³-hybridized carbons (Fsp3) is 0.533. The lowest BCUT2D eigenvalue weighted by atomic mass is 10.0. The van der Waals surface area contributed by atoms with E-state index in [1.165, 1.54) is 11.1 Å². The highest BCUT2D eigenvalue weighted by Gasteiger charge is 2.37. The Hall–Kier alpha value is -1.35. The molecule has 1 fully saturated rings. The lowest BCUT2D eigenvalue weighted by Crippen LogP contribution is -2.35. The normalized spacial score (nSPS) is 23.8. The molecule has 0 aromatic heterocycles. The van der Waals surface area contributed by atoms with E-state index in [2.05, 4.69) is 44.3 Å². The first-order valence-corrected chi connectivity index (χ1v) is 6.58. The van der Waals surface area contributed by atoms with Gasteiger partial charge in [-0.2, -0.15) is 0 Å². The SMILES string of the molecule is CNCC1CC(=O)N(c2cc(C)ccc2C)C1C. The number of hydrogen-bond donors (Lipinski definition) is 1. The maximum atomic E-state index is 12.2. The predicted octanol–water partition coefficient (Wildman–Crippen LogP) is 2.26. The minimum atomic E-state index is 0.247. The number of nitrogens with zero attached hydrogens (tertiary/aromatic N) is 1. The maximum absolute atomic E-state index is 12.2. The van der Waals surface area contributed by atoms with E-state index in [4.69, 9.17) is 0 Å². The van der Waals surface area contributed by atoms with Gasteiger partial charge < -0.3 is 10.2 Å². The van der Waals surface area contributed by atoms with Crippen LogP contribution in [0.25, 0.3) is 0 Å². The second-order valence-corrected chi connectivity index (χ2v) is 5.32. The van der Waals surface area contributed by atoms with Crippen molar-refractivity contribution in [3.63, 3.8) is 0 Å². The molecule has 0 radical (unpaired) electrons. The lowest BCUT2D eigenvalue weighted by molar-refractivity contribution is -0.117. The molecule has 2 unspecified atom stereocenters. The van der Waals surface area contributed by atoms with Crippen molar-refractivity contribution in [3.05, 3.63) is 29.3 Å². The summed E-state index contributed by atoms with van der Waals surface area (Å²) in [5, 5.41) is 3.18. The summed E-state index contributed by atoms with van der Waals surface area (Å²) in [6, 6.07) is 6.57. The topological polar surface area (TPSA) is 32.3 Å². The third kappa shape index (κ3) is 2.27. The summed E-state index contributed by atoms with van der Waals surface area (Å²) < 4.78 is 0. The average molecular weight is 246 g/mol. The zero-order valence-corrected chi connectivity index (χ0v) is 11.7. The Morgan fingerprint density at radius 2 is 2.11 bits per heavy atom. The number of nitrogens with one attached hydrogen (secondary N) is 1. The van der Waals surface area contributed by atoms with Crippen molar-refractivity contribution >= 4 is 11.6 Å². The molecule has 98 valence electrons. The summed E-state index contributed by atoms with van der Waals surface area (Å²) in [4.78, 5) is 14.2. The van der Waals surface area contributed by atoms with E-state index >= 15 is 0 Å². The fourth-order valence-corrected chi connectivity index (χ4v) is 2.77. The number of hydrogen-bond acceptors (Lipinski definition) is 2. The third-order valence-electron chi connectivity index (χ3n) is 3.89. The molecule has 1 N–H and O–H groups in total. The van der Waals surface area contributed by atoms with Gasteiger partial charge in [-0.15, -0.1) is 0 Å². The summed E-state index contributed by atoms with van der Waals surface area (Å²) in [5.41, 5.74) is 3.45. The standard InChI is InChI=1S/C15H22N2O/c1-10-5-6-11(2)14(7-10)17-12(3)13(9-16-4)8-15(17)18/h5-7,12-13,16H,8-9H2,1-4H3. The zero-order valence-electron chi connectivity index (χ0n) is 11.7. The van der Waals surface area contributed by atoms with E-state index in [1.54, 1.807) is 0 Å². The molecule has 1 aromatic rings. The van der Waals surface area contributed by atoms with Crippen molar-refractivity contribution < 1.29 is 4.79 Å². The van der Waals surface area contributed by atoms with E-state index in [0.717, 1.165) is 12.2 Å². The van der Waals surface area contributed by atoms with Gasteiger partial charge in [-0.25, -0.2) is 0 Å². The Labute approximate surface area is 109 Å². The van der Waals surface area contributed by atoms with Crippen LogP contribution in [0.15, 0.2) is 18.2 Å². The highest BCUT2D eigenvalue weighted by Crippen LogP contribution is 2.33. The number of carbonyl (C=O) groups excluding carboxylic acids is 1. The van der Waals surface area contributed by atoms with Gasteiger partial charge in [0.25, 0.3) is 0 Å². The van der Waals surface area contributed by atoms with Crippen LogP contribution in [0.5, 0.6) is 0 Å². The Morgan fingerprint density at radius 3 is 2.78 bits per heavy atom. The molecule has 3 nitrogen and oxygen atoms in total. The van der Waals surface area contributed by atoms with Gasteiger partial charge in [-0.05, 0) is 45.0 Å². The van der Waals surface area contributed by atoms with Crippen LogP contribution in [-0.2, 0) is 4.79 Å². The van der Waals surface area contributed by atoms with Crippen LogP contribution in [0.2, 0.25) is 0 Å². The molecule has 1 aliphatic rings. The molecule has 0 spiro atoms. The monoisotopic (exact) mass is 246 g/mol. The minimum absolute atomic E-state index is 0.247. The summed E-state index contributed by atoms with van der Waals surface area (Å²) in [6.45, 7) is 7.18. The zero-order chi connectivity index (χ0) is 13.3. The van der Waals surface area contributed by atoms with Crippen LogP contribution < -0.4 is 10.2 Å². The molecule has 0 aliphatic carbocycles. The van der Waals surface area contributed by atoms with E-state index in [0.29, 0.717) is 12.3 Å². The molecule has 18 heavy (non-hydrogen) atoms. The van der Waals surface area contributed by atoms with Gasteiger partial charge in [-0.1, -0.05) is 12.1 Å². The number of amides is 1. The van der Waals surface area contributed by atoms with Crippen molar-refractivity contribution in [1.82, 2.24) is 5.32 Å². The molecular weight excluding hydrogens is 224 g/mol. The number of rotatable bonds is 3. The highest BCUT2D eigenvalue weighted by molar-refractivity contribution is 5.97. The lowest BCUT2D eigenvalue weighted by Gasteiger charge is -2.26.